The SMILES string of the molecule is COc1ccc(C(CN)N2CCC(CN(C)C)CC2)cc1. The maximum Gasteiger partial charge on any atom is 0.118 e. The summed E-state index contributed by atoms with van der Waals surface area (Å²) in [6.07, 6.45) is 2.54. The van der Waals surface area contributed by atoms with Gasteiger partial charge >= 0.3 is 0 Å². The first-order chi connectivity index (χ1) is 10.1. The third-order valence-corrected chi connectivity index (χ3v) is 4.44. The van der Waals surface area contributed by atoms with E-state index in [9.17, 15) is 0 Å². The van der Waals surface area contributed by atoms with Gasteiger partial charge in [-0.2, -0.15) is 0 Å². The zero-order chi connectivity index (χ0) is 15.2. The van der Waals surface area contributed by atoms with Crippen LogP contribution in [0, 0.1) is 5.92 Å². The molecule has 1 unspecified atom stereocenters. The number of likely N-dealkylation sites (tertiary alicyclic amines) is 1. The molecule has 4 nitrogen and oxygen atoms in total. The van der Waals surface area contributed by atoms with Crippen molar-refractivity contribution in [3.8, 4) is 5.75 Å². The van der Waals surface area contributed by atoms with Gasteiger partial charge in [-0.3, -0.25) is 4.90 Å². The smallest absolute Gasteiger partial charge is 0.118 e. The first-order valence-corrected chi connectivity index (χ1v) is 7.86. The van der Waals surface area contributed by atoms with Crippen molar-refractivity contribution in [3.05, 3.63) is 29.8 Å². The molecule has 1 aromatic rings. The van der Waals surface area contributed by atoms with Crippen molar-refractivity contribution < 1.29 is 4.74 Å². The van der Waals surface area contributed by atoms with Crippen LogP contribution in [0.1, 0.15) is 24.4 Å². The van der Waals surface area contributed by atoms with Crippen LogP contribution in [0.3, 0.4) is 0 Å². The normalized spacial score (nSPS) is 18.9. The van der Waals surface area contributed by atoms with Crippen molar-refractivity contribution in [3.63, 3.8) is 0 Å². The van der Waals surface area contributed by atoms with Crippen LogP contribution in [-0.4, -0.2) is 57.2 Å². The summed E-state index contributed by atoms with van der Waals surface area (Å²) in [7, 11) is 6.02. The molecule has 1 fully saturated rings. The average Bonchev–Trinajstić information content (AvgIpc) is 2.50. The molecule has 0 aliphatic carbocycles. The lowest BCUT2D eigenvalue weighted by Crippen LogP contribution is -2.41. The van der Waals surface area contributed by atoms with Crippen molar-refractivity contribution in [2.24, 2.45) is 11.7 Å². The highest BCUT2D eigenvalue weighted by atomic mass is 16.5. The fourth-order valence-corrected chi connectivity index (χ4v) is 3.29. The quantitative estimate of drug-likeness (QED) is 0.870. The average molecular weight is 291 g/mol. The van der Waals surface area contributed by atoms with E-state index in [0.29, 0.717) is 12.6 Å². The van der Waals surface area contributed by atoms with Gasteiger partial charge in [-0.1, -0.05) is 12.1 Å². The summed E-state index contributed by atoms with van der Waals surface area (Å²) < 4.78 is 5.23. The molecular weight excluding hydrogens is 262 g/mol. The van der Waals surface area contributed by atoms with Gasteiger partial charge in [0.2, 0.25) is 0 Å². The number of rotatable bonds is 6. The summed E-state index contributed by atoms with van der Waals surface area (Å²) in [6.45, 7) is 4.16. The van der Waals surface area contributed by atoms with Gasteiger partial charge in [-0.25, -0.2) is 0 Å². The number of piperidine rings is 1. The van der Waals surface area contributed by atoms with Gasteiger partial charge in [-0.15, -0.1) is 0 Å². The van der Waals surface area contributed by atoms with Crippen molar-refractivity contribution in [2.45, 2.75) is 18.9 Å². The van der Waals surface area contributed by atoms with Crippen molar-refractivity contribution in [1.29, 1.82) is 0 Å². The second-order valence-corrected chi connectivity index (χ2v) is 6.27. The third kappa shape index (κ3) is 4.43. The Morgan fingerprint density at radius 1 is 1.24 bits per heavy atom. The van der Waals surface area contributed by atoms with Gasteiger partial charge in [0.1, 0.15) is 5.75 Å². The van der Waals surface area contributed by atoms with E-state index in [0.717, 1.165) is 24.8 Å². The van der Waals surface area contributed by atoms with E-state index in [4.69, 9.17) is 10.5 Å². The van der Waals surface area contributed by atoms with Crippen LogP contribution in [0.15, 0.2) is 24.3 Å². The number of ether oxygens (including phenoxy) is 1. The second kappa shape index (κ2) is 7.78. The topological polar surface area (TPSA) is 41.7 Å². The van der Waals surface area contributed by atoms with Crippen LogP contribution >= 0.6 is 0 Å². The maximum atomic E-state index is 6.04. The highest BCUT2D eigenvalue weighted by Crippen LogP contribution is 2.27. The van der Waals surface area contributed by atoms with E-state index < -0.39 is 0 Å². The van der Waals surface area contributed by atoms with Gasteiger partial charge in [0.05, 0.1) is 7.11 Å². The summed E-state index contributed by atoms with van der Waals surface area (Å²) in [6, 6.07) is 8.66. The lowest BCUT2D eigenvalue weighted by Gasteiger charge is -2.38. The Balaban J connectivity index is 1.95. The molecular formula is C17H29N3O. The van der Waals surface area contributed by atoms with E-state index in [-0.39, 0.29) is 0 Å². The molecule has 1 atom stereocenters. The number of nitrogens with zero attached hydrogens (tertiary/aromatic N) is 2. The Hall–Kier alpha value is -1.10. The fourth-order valence-electron chi connectivity index (χ4n) is 3.29. The van der Waals surface area contributed by atoms with Crippen LogP contribution in [-0.2, 0) is 0 Å². The molecule has 2 rings (SSSR count). The van der Waals surface area contributed by atoms with Gasteiger partial charge in [0, 0.05) is 19.1 Å². The predicted molar refractivity (Wildman–Crippen MR) is 87.6 cm³/mol. The first kappa shape index (κ1) is 16.3. The van der Waals surface area contributed by atoms with Crippen LogP contribution in [0.5, 0.6) is 5.75 Å². The second-order valence-electron chi connectivity index (χ2n) is 6.27. The van der Waals surface area contributed by atoms with Crippen molar-refractivity contribution in [1.82, 2.24) is 9.80 Å². The van der Waals surface area contributed by atoms with E-state index >= 15 is 0 Å². The molecule has 0 saturated carbocycles. The van der Waals surface area contributed by atoms with Crippen molar-refractivity contribution in [2.75, 3.05) is 47.4 Å². The van der Waals surface area contributed by atoms with Crippen LogP contribution in [0.25, 0.3) is 0 Å². The number of hydrogen-bond acceptors (Lipinski definition) is 4. The molecule has 1 aliphatic rings. The summed E-state index contributed by atoms with van der Waals surface area (Å²) in [5, 5.41) is 0. The Morgan fingerprint density at radius 2 is 1.86 bits per heavy atom. The Morgan fingerprint density at radius 3 is 2.33 bits per heavy atom. The summed E-state index contributed by atoms with van der Waals surface area (Å²) in [5.74, 6) is 1.73. The molecule has 0 radical (unpaired) electrons. The highest BCUT2D eigenvalue weighted by molar-refractivity contribution is 5.29. The van der Waals surface area contributed by atoms with E-state index in [1.807, 2.05) is 12.1 Å². The number of methoxy groups -OCH3 is 1. The molecule has 1 heterocycles. The minimum atomic E-state index is 0.330. The number of nitrogens with two attached hydrogens (primary N) is 1. The molecule has 4 heteroatoms. The molecule has 118 valence electrons. The molecule has 2 N–H and O–H groups in total. The standard InChI is InChI=1S/C17H29N3O/c1-19(2)13-14-8-10-20(11-9-14)17(12-18)15-4-6-16(21-3)7-5-15/h4-7,14,17H,8-13,18H2,1-3H3. The summed E-state index contributed by atoms with van der Waals surface area (Å²) in [5.41, 5.74) is 7.34. The number of benzene rings is 1. The lowest BCUT2D eigenvalue weighted by atomic mass is 9.94. The minimum absolute atomic E-state index is 0.330. The monoisotopic (exact) mass is 291 g/mol. The van der Waals surface area contributed by atoms with E-state index in [1.165, 1.54) is 24.9 Å². The molecule has 0 spiro atoms. The highest BCUT2D eigenvalue weighted by Gasteiger charge is 2.25. The minimum Gasteiger partial charge on any atom is -0.497 e. The van der Waals surface area contributed by atoms with Crippen LogP contribution in [0.4, 0.5) is 0 Å². The lowest BCUT2D eigenvalue weighted by molar-refractivity contribution is 0.122. The van der Waals surface area contributed by atoms with E-state index in [2.05, 4.69) is 36.0 Å². The van der Waals surface area contributed by atoms with Crippen LogP contribution in [0.2, 0.25) is 0 Å². The zero-order valence-electron chi connectivity index (χ0n) is 13.6. The zero-order valence-corrected chi connectivity index (χ0v) is 13.6. The molecule has 0 bridgehead atoms. The molecule has 0 aromatic heterocycles. The summed E-state index contributed by atoms with van der Waals surface area (Å²) >= 11 is 0. The van der Waals surface area contributed by atoms with Crippen molar-refractivity contribution >= 4 is 0 Å². The molecule has 1 aliphatic heterocycles. The summed E-state index contributed by atoms with van der Waals surface area (Å²) in [4.78, 5) is 4.83. The van der Waals surface area contributed by atoms with Gasteiger partial charge in [0.15, 0.2) is 0 Å². The predicted octanol–water partition coefficient (Wildman–Crippen LogP) is 1.97. The van der Waals surface area contributed by atoms with Gasteiger partial charge in [-0.05, 0) is 63.6 Å². The number of hydrogen-bond donors (Lipinski definition) is 1. The van der Waals surface area contributed by atoms with E-state index in [1.54, 1.807) is 7.11 Å². The fraction of sp³-hybridized carbons (Fsp3) is 0.647. The maximum absolute atomic E-state index is 6.04. The molecule has 0 amide bonds. The molecule has 1 aromatic carbocycles. The first-order valence-electron chi connectivity index (χ1n) is 7.86. The van der Waals surface area contributed by atoms with Gasteiger partial charge < -0.3 is 15.4 Å². The van der Waals surface area contributed by atoms with Crippen LogP contribution < -0.4 is 10.5 Å². The largest absolute Gasteiger partial charge is 0.497 e. The van der Waals surface area contributed by atoms with Gasteiger partial charge in [0.25, 0.3) is 0 Å². The Labute approximate surface area is 128 Å². The molecule has 1 saturated heterocycles. The Bertz CT molecular complexity index is 411. The molecule has 21 heavy (non-hydrogen) atoms. The third-order valence-electron chi connectivity index (χ3n) is 4.44. The Kier molecular flexibility index (Phi) is 6.03.